The summed E-state index contributed by atoms with van der Waals surface area (Å²) in [4.78, 5) is 10.8. The highest BCUT2D eigenvalue weighted by atomic mass is 16.1. The quantitative estimate of drug-likeness (QED) is 0.610. The highest BCUT2D eigenvalue weighted by Gasteiger charge is 2.18. The molecule has 0 bridgehead atoms. The van der Waals surface area contributed by atoms with Gasteiger partial charge >= 0.3 is 0 Å². The van der Waals surface area contributed by atoms with Gasteiger partial charge in [-0.05, 0) is 37.3 Å². The van der Waals surface area contributed by atoms with Crippen LogP contribution in [-0.4, -0.2) is 5.78 Å². The van der Waals surface area contributed by atoms with Crippen LogP contribution in [0.5, 0.6) is 0 Å². The van der Waals surface area contributed by atoms with Crippen molar-refractivity contribution in [2.75, 3.05) is 0 Å². The maximum Gasteiger partial charge on any atom is 0.152 e. The highest BCUT2D eigenvalue weighted by Crippen LogP contribution is 2.33. The van der Waals surface area contributed by atoms with Crippen molar-refractivity contribution in [3.63, 3.8) is 0 Å². The zero-order valence-electron chi connectivity index (χ0n) is 9.42. The Hall–Kier alpha value is -1.11. The molecule has 76 valence electrons. The van der Waals surface area contributed by atoms with E-state index in [1.54, 1.807) is 13.0 Å². The first kappa shape index (κ1) is 11.0. The molecule has 1 rings (SSSR count). The minimum absolute atomic E-state index is 0.100. The summed E-state index contributed by atoms with van der Waals surface area (Å²) in [7, 11) is 0. The van der Waals surface area contributed by atoms with E-state index in [1.165, 1.54) is 11.1 Å². The Morgan fingerprint density at radius 1 is 1.50 bits per heavy atom. The molecular formula is C13H18O. The van der Waals surface area contributed by atoms with E-state index in [-0.39, 0.29) is 11.2 Å². The van der Waals surface area contributed by atoms with Crippen LogP contribution in [0.25, 0.3) is 0 Å². The molecule has 0 amide bonds. The van der Waals surface area contributed by atoms with Gasteiger partial charge in [-0.25, -0.2) is 0 Å². The molecule has 1 nitrogen and oxygen atoms in total. The summed E-state index contributed by atoms with van der Waals surface area (Å²) in [5, 5.41) is 0. The molecule has 0 fully saturated rings. The smallest absolute Gasteiger partial charge is 0.152 e. The average molecular weight is 190 g/mol. The van der Waals surface area contributed by atoms with Crippen molar-refractivity contribution >= 4 is 5.78 Å². The minimum atomic E-state index is 0.100. The molecule has 1 aliphatic carbocycles. The zero-order chi connectivity index (χ0) is 10.8. The van der Waals surface area contributed by atoms with Crippen molar-refractivity contribution in [1.82, 2.24) is 0 Å². The SMILES string of the molecule is CC(=O)C=CC1=C(C)CC(C)(C)C=C1. The Labute approximate surface area is 86.2 Å². The van der Waals surface area contributed by atoms with Gasteiger partial charge in [0.2, 0.25) is 0 Å². The molecule has 0 spiro atoms. The first-order valence-corrected chi connectivity index (χ1v) is 4.98. The molecule has 0 heterocycles. The van der Waals surface area contributed by atoms with Gasteiger partial charge in [-0.15, -0.1) is 0 Å². The van der Waals surface area contributed by atoms with Crippen molar-refractivity contribution in [1.29, 1.82) is 0 Å². The maximum atomic E-state index is 10.8. The average Bonchev–Trinajstić information content (AvgIpc) is 2.00. The fourth-order valence-corrected chi connectivity index (χ4v) is 1.71. The van der Waals surface area contributed by atoms with Crippen molar-refractivity contribution < 1.29 is 4.79 Å². The molecule has 0 unspecified atom stereocenters. The van der Waals surface area contributed by atoms with E-state index in [0.717, 1.165) is 6.42 Å². The van der Waals surface area contributed by atoms with Gasteiger partial charge in [0.25, 0.3) is 0 Å². The van der Waals surface area contributed by atoms with E-state index in [0.29, 0.717) is 0 Å². The Kier molecular flexibility index (Phi) is 3.10. The highest BCUT2D eigenvalue weighted by molar-refractivity contribution is 5.87. The molecule has 0 aromatic carbocycles. The molecule has 14 heavy (non-hydrogen) atoms. The normalized spacial score (nSPS) is 20.6. The Balaban J connectivity index is 2.83. The van der Waals surface area contributed by atoms with Crippen molar-refractivity contribution in [2.45, 2.75) is 34.1 Å². The topological polar surface area (TPSA) is 17.1 Å². The number of rotatable bonds is 2. The second-order valence-electron chi connectivity index (χ2n) is 4.68. The van der Waals surface area contributed by atoms with Gasteiger partial charge in [-0.1, -0.05) is 37.6 Å². The lowest BCUT2D eigenvalue weighted by atomic mass is 9.80. The van der Waals surface area contributed by atoms with Gasteiger partial charge in [0, 0.05) is 0 Å². The van der Waals surface area contributed by atoms with Crippen LogP contribution in [0.1, 0.15) is 34.1 Å². The minimum Gasteiger partial charge on any atom is -0.295 e. The fourth-order valence-electron chi connectivity index (χ4n) is 1.71. The second-order valence-corrected chi connectivity index (χ2v) is 4.68. The lowest BCUT2D eigenvalue weighted by Crippen LogP contribution is -2.11. The number of carbonyl (C=O) groups is 1. The molecule has 1 aliphatic rings. The van der Waals surface area contributed by atoms with Gasteiger partial charge in [-0.2, -0.15) is 0 Å². The second kappa shape index (κ2) is 3.95. The molecule has 1 heteroatoms. The van der Waals surface area contributed by atoms with E-state index in [9.17, 15) is 4.79 Å². The van der Waals surface area contributed by atoms with E-state index in [4.69, 9.17) is 0 Å². The monoisotopic (exact) mass is 190 g/mol. The predicted octanol–water partition coefficient (Wildman–Crippen LogP) is 3.43. The maximum absolute atomic E-state index is 10.8. The zero-order valence-corrected chi connectivity index (χ0v) is 9.42. The van der Waals surface area contributed by atoms with Crippen LogP contribution in [0.2, 0.25) is 0 Å². The van der Waals surface area contributed by atoms with Crippen LogP contribution >= 0.6 is 0 Å². The summed E-state index contributed by atoms with van der Waals surface area (Å²) < 4.78 is 0. The van der Waals surface area contributed by atoms with Gasteiger partial charge in [0.15, 0.2) is 5.78 Å². The molecule has 0 radical (unpaired) electrons. The van der Waals surface area contributed by atoms with Crippen LogP contribution < -0.4 is 0 Å². The van der Waals surface area contributed by atoms with E-state index in [1.807, 2.05) is 6.08 Å². The van der Waals surface area contributed by atoms with Gasteiger partial charge in [0.05, 0.1) is 0 Å². The van der Waals surface area contributed by atoms with Crippen molar-refractivity contribution in [2.24, 2.45) is 5.41 Å². The lowest BCUT2D eigenvalue weighted by Gasteiger charge is -2.25. The third-order valence-electron chi connectivity index (χ3n) is 2.43. The number of carbonyl (C=O) groups excluding carboxylic acids is 1. The molecule has 0 atom stereocenters. The summed E-state index contributed by atoms with van der Waals surface area (Å²) in [6.07, 6.45) is 8.92. The summed E-state index contributed by atoms with van der Waals surface area (Å²) in [6.45, 7) is 8.14. The Morgan fingerprint density at radius 2 is 2.14 bits per heavy atom. The fraction of sp³-hybridized carbons (Fsp3) is 0.462. The molecule has 0 aliphatic heterocycles. The van der Waals surface area contributed by atoms with Crippen LogP contribution in [-0.2, 0) is 4.79 Å². The third kappa shape index (κ3) is 2.99. The van der Waals surface area contributed by atoms with Gasteiger partial charge in [-0.3, -0.25) is 4.79 Å². The lowest BCUT2D eigenvalue weighted by molar-refractivity contribution is -0.112. The molecule has 0 aromatic heterocycles. The van der Waals surface area contributed by atoms with Crippen molar-refractivity contribution in [3.8, 4) is 0 Å². The molecule has 0 N–H and O–H groups in total. The Bertz CT molecular complexity index is 327. The summed E-state index contributed by atoms with van der Waals surface area (Å²) in [5.74, 6) is 0.100. The van der Waals surface area contributed by atoms with E-state index < -0.39 is 0 Å². The van der Waals surface area contributed by atoms with Crippen LogP contribution in [0.3, 0.4) is 0 Å². The summed E-state index contributed by atoms with van der Waals surface area (Å²) >= 11 is 0. The van der Waals surface area contributed by atoms with E-state index in [2.05, 4.69) is 32.9 Å². The van der Waals surface area contributed by atoms with E-state index >= 15 is 0 Å². The molecule has 0 saturated carbocycles. The van der Waals surface area contributed by atoms with Crippen LogP contribution in [0.15, 0.2) is 35.5 Å². The van der Waals surface area contributed by atoms with Gasteiger partial charge in [0.1, 0.15) is 0 Å². The molecule has 0 saturated heterocycles. The Morgan fingerprint density at radius 3 is 2.64 bits per heavy atom. The molecule has 0 aromatic rings. The summed E-state index contributed by atoms with van der Waals surface area (Å²) in [5.41, 5.74) is 2.80. The predicted molar refractivity (Wildman–Crippen MR) is 60.1 cm³/mol. The third-order valence-corrected chi connectivity index (χ3v) is 2.43. The summed E-state index contributed by atoms with van der Waals surface area (Å²) in [6, 6.07) is 0. The number of allylic oxidation sites excluding steroid dienone is 6. The number of ketones is 1. The van der Waals surface area contributed by atoms with Crippen LogP contribution in [0.4, 0.5) is 0 Å². The first-order valence-electron chi connectivity index (χ1n) is 4.98. The van der Waals surface area contributed by atoms with Crippen LogP contribution in [0, 0.1) is 5.41 Å². The number of hydrogen-bond acceptors (Lipinski definition) is 1. The van der Waals surface area contributed by atoms with Crippen molar-refractivity contribution in [3.05, 3.63) is 35.5 Å². The first-order chi connectivity index (χ1) is 6.41. The number of hydrogen-bond donors (Lipinski definition) is 0. The standard InChI is InChI=1S/C13H18O/c1-10-9-13(3,4)8-7-12(10)6-5-11(2)14/h5-8H,9H2,1-4H3. The largest absolute Gasteiger partial charge is 0.295 e. The molecular weight excluding hydrogens is 172 g/mol. The van der Waals surface area contributed by atoms with Gasteiger partial charge < -0.3 is 0 Å².